The second-order valence-corrected chi connectivity index (χ2v) is 7.27. The highest BCUT2D eigenvalue weighted by molar-refractivity contribution is 6.29. The minimum atomic E-state index is -0.487. The SMILES string of the molecule is C[C@@H]1CN(C(=O)OC(C)(C)C)CCC[C@H]1Oc1cncc(Cl)n1. The highest BCUT2D eigenvalue weighted by Gasteiger charge is 2.30. The number of ether oxygens (including phenoxy) is 2. The lowest BCUT2D eigenvalue weighted by atomic mass is 10.0. The van der Waals surface area contributed by atoms with Crippen molar-refractivity contribution < 1.29 is 14.3 Å². The number of hydrogen-bond donors (Lipinski definition) is 0. The minimum absolute atomic E-state index is 0.0322. The smallest absolute Gasteiger partial charge is 0.410 e. The standard InChI is InChI=1S/C16H24ClN3O3/c1-11-10-20(15(21)23-16(2,3)4)7-5-6-12(11)22-14-9-18-8-13(17)19-14/h8-9,11-12H,5-7,10H2,1-4H3/t11-,12-/m1/s1. The van der Waals surface area contributed by atoms with E-state index in [1.54, 1.807) is 11.1 Å². The zero-order valence-corrected chi connectivity index (χ0v) is 14.8. The molecule has 1 aliphatic rings. The molecule has 0 radical (unpaired) electrons. The van der Waals surface area contributed by atoms with Crippen molar-refractivity contribution >= 4 is 17.7 Å². The maximum absolute atomic E-state index is 12.2. The molecule has 1 aliphatic heterocycles. The molecule has 23 heavy (non-hydrogen) atoms. The highest BCUT2D eigenvalue weighted by Crippen LogP contribution is 2.23. The third-order valence-corrected chi connectivity index (χ3v) is 3.75. The molecule has 0 saturated carbocycles. The van der Waals surface area contributed by atoms with E-state index in [0.717, 1.165) is 12.8 Å². The van der Waals surface area contributed by atoms with Gasteiger partial charge in [0.1, 0.15) is 11.7 Å². The maximum Gasteiger partial charge on any atom is 0.410 e. The topological polar surface area (TPSA) is 64.6 Å². The fourth-order valence-electron chi connectivity index (χ4n) is 2.53. The third-order valence-electron chi connectivity index (χ3n) is 3.57. The Labute approximate surface area is 142 Å². The molecular formula is C16H24ClN3O3. The van der Waals surface area contributed by atoms with Crippen molar-refractivity contribution in [2.24, 2.45) is 5.92 Å². The van der Waals surface area contributed by atoms with E-state index in [2.05, 4.69) is 16.9 Å². The predicted molar refractivity (Wildman–Crippen MR) is 87.7 cm³/mol. The molecule has 0 bridgehead atoms. The maximum atomic E-state index is 12.2. The summed E-state index contributed by atoms with van der Waals surface area (Å²) < 4.78 is 11.4. The molecule has 0 N–H and O–H groups in total. The van der Waals surface area contributed by atoms with Gasteiger partial charge < -0.3 is 14.4 Å². The molecule has 1 fully saturated rings. The van der Waals surface area contributed by atoms with Crippen molar-refractivity contribution in [2.75, 3.05) is 13.1 Å². The summed E-state index contributed by atoms with van der Waals surface area (Å²) in [7, 11) is 0. The van der Waals surface area contributed by atoms with Crippen molar-refractivity contribution in [3.05, 3.63) is 17.5 Å². The molecule has 2 heterocycles. The molecule has 6 nitrogen and oxygen atoms in total. The lowest BCUT2D eigenvalue weighted by molar-refractivity contribution is 0.0218. The van der Waals surface area contributed by atoms with Crippen LogP contribution in [0.4, 0.5) is 4.79 Å². The molecule has 1 amide bonds. The average Bonchev–Trinajstić information content (AvgIpc) is 2.60. The molecule has 0 spiro atoms. The molecule has 1 saturated heterocycles. The lowest BCUT2D eigenvalue weighted by Crippen LogP contribution is -2.40. The Hall–Kier alpha value is -1.56. The van der Waals surface area contributed by atoms with Crippen LogP contribution in [0.2, 0.25) is 5.15 Å². The molecule has 0 unspecified atom stereocenters. The van der Waals surface area contributed by atoms with E-state index in [0.29, 0.717) is 24.1 Å². The Morgan fingerprint density at radius 3 is 2.78 bits per heavy atom. The van der Waals surface area contributed by atoms with E-state index in [-0.39, 0.29) is 18.1 Å². The minimum Gasteiger partial charge on any atom is -0.473 e. The number of likely N-dealkylation sites (tertiary alicyclic amines) is 1. The van der Waals surface area contributed by atoms with Crippen molar-refractivity contribution in [2.45, 2.75) is 52.2 Å². The number of rotatable bonds is 2. The van der Waals surface area contributed by atoms with Crippen LogP contribution in [0.25, 0.3) is 0 Å². The van der Waals surface area contributed by atoms with Gasteiger partial charge in [-0.3, -0.25) is 4.98 Å². The first kappa shape index (κ1) is 17.8. The summed E-state index contributed by atoms with van der Waals surface area (Å²) in [5.74, 6) is 0.575. The Bertz CT molecular complexity index is 548. The van der Waals surface area contributed by atoms with Crippen LogP contribution in [-0.4, -0.2) is 45.8 Å². The second kappa shape index (κ2) is 7.34. The van der Waals surface area contributed by atoms with E-state index in [1.807, 2.05) is 20.8 Å². The molecule has 0 aliphatic carbocycles. The molecular weight excluding hydrogens is 318 g/mol. The van der Waals surface area contributed by atoms with Crippen LogP contribution in [0.15, 0.2) is 12.4 Å². The van der Waals surface area contributed by atoms with Crippen LogP contribution in [0, 0.1) is 5.92 Å². The molecule has 128 valence electrons. The molecule has 7 heteroatoms. The summed E-state index contributed by atoms with van der Waals surface area (Å²) in [4.78, 5) is 22.1. The zero-order chi connectivity index (χ0) is 17.0. The van der Waals surface area contributed by atoms with E-state index in [1.165, 1.54) is 6.20 Å². The van der Waals surface area contributed by atoms with Gasteiger partial charge in [-0.1, -0.05) is 18.5 Å². The molecule has 1 aromatic rings. The van der Waals surface area contributed by atoms with Crippen LogP contribution in [-0.2, 0) is 4.74 Å². The number of nitrogens with zero attached hydrogens (tertiary/aromatic N) is 3. The van der Waals surface area contributed by atoms with Gasteiger partial charge in [-0.25, -0.2) is 4.79 Å². The Balaban J connectivity index is 1.98. The number of halogens is 1. The van der Waals surface area contributed by atoms with Gasteiger partial charge in [0.05, 0.1) is 12.4 Å². The van der Waals surface area contributed by atoms with Crippen LogP contribution >= 0.6 is 11.6 Å². The van der Waals surface area contributed by atoms with Crippen molar-refractivity contribution in [1.82, 2.24) is 14.9 Å². The van der Waals surface area contributed by atoms with E-state index in [4.69, 9.17) is 21.1 Å². The van der Waals surface area contributed by atoms with Crippen LogP contribution in [0.3, 0.4) is 0 Å². The van der Waals surface area contributed by atoms with Gasteiger partial charge in [-0.15, -0.1) is 0 Å². The summed E-state index contributed by atoms with van der Waals surface area (Å²) in [6.45, 7) is 8.93. The quantitative estimate of drug-likeness (QED) is 0.823. The van der Waals surface area contributed by atoms with E-state index < -0.39 is 5.60 Å². The monoisotopic (exact) mass is 341 g/mol. The summed E-state index contributed by atoms with van der Waals surface area (Å²) in [6.07, 6.45) is 4.41. The Morgan fingerprint density at radius 2 is 2.13 bits per heavy atom. The molecule has 2 atom stereocenters. The second-order valence-electron chi connectivity index (χ2n) is 6.88. The van der Waals surface area contributed by atoms with E-state index >= 15 is 0 Å². The number of hydrogen-bond acceptors (Lipinski definition) is 5. The summed E-state index contributed by atoms with van der Waals surface area (Å²) in [5.41, 5.74) is -0.487. The van der Waals surface area contributed by atoms with Gasteiger partial charge in [0.2, 0.25) is 5.88 Å². The summed E-state index contributed by atoms with van der Waals surface area (Å²) in [5, 5.41) is 0.305. The first-order chi connectivity index (χ1) is 10.7. The normalized spacial score (nSPS) is 22.4. The van der Waals surface area contributed by atoms with Gasteiger partial charge >= 0.3 is 6.09 Å². The summed E-state index contributed by atoms with van der Waals surface area (Å²) in [6, 6.07) is 0. The lowest BCUT2D eigenvalue weighted by Gasteiger charge is -2.28. The van der Waals surface area contributed by atoms with Crippen LogP contribution in [0.5, 0.6) is 5.88 Å². The highest BCUT2D eigenvalue weighted by atomic mass is 35.5. The van der Waals surface area contributed by atoms with Gasteiger partial charge in [-0.05, 0) is 33.6 Å². The van der Waals surface area contributed by atoms with Gasteiger partial charge in [-0.2, -0.15) is 4.98 Å². The first-order valence-corrected chi connectivity index (χ1v) is 8.24. The number of carbonyl (C=O) groups excluding carboxylic acids is 1. The van der Waals surface area contributed by atoms with Crippen molar-refractivity contribution in [1.29, 1.82) is 0 Å². The number of aromatic nitrogens is 2. The Kier molecular flexibility index (Phi) is 5.68. The molecule has 1 aromatic heterocycles. The number of amides is 1. The summed E-state index contributed by atoms with van der Waals surface area (Å²) >= 11 is 5.83. The predicted octanol–water partition coefficient (Wildman–Crippen LogP) is 3.54. The van der Waals surface area contributed by atoms with Crippen molar-refractivity contribution in [3.63, 3.8) is 0 Å². The van der Waals surface area contributed by atoms with Gasteiger partial charge in [0.15, 0.2) is 5.15 Å². The number of carbonyl (C=O) groups is 1. The fourth-order valence-corrected chi connectivity index (χ4v) is 2.67. The average molecular weight is 342 g/mol. The van der Waals surface area contributed by atoms with Crippen LogP contribution < -0.4 is 4.74 Å². The van der Waals surface area contributed by atoms with Crippen LogP contribution in [0.1, 0.15) is 40.5 Å². The van der Waals surface area contributed by atoms with Gasteiger partial charge in [0, 0.05) is 19.0 Å². The Morgan fingerprint density at radius 1 is 1.39 bits per heavy atom. The molecule has 2 rings (SSSR count). The fraction of sp³-hybridized carbons (Fsp3) is 0.688. The third kappa shape index (κ3) is 5.53. The largest absolute Gasteiger partial charge is 0.473 e. The zero-order valence-electron chi connectivity index (χ0n) is 14.1. The first-order valence-electron chi connectivity index (χ1n) is 7.87. The van der Waals surface area contributed by atoms with Gasteiger partial charge in [0.25, 0.3) is 0 Å². The van der Waals surface area contributed by atoms with Crippen molar-refractivity contribution in [3.8, 4) is 5.88 Å². The van der Waals surface area contributed by atoms with E-state index in [9.17, 15) is 4.79 Å². The molecule has 0 aromatic carbocycles.